The number of nitrogens with one attached hydrogen (secondary N) is 2. The Morgan fingerprint density at radius 3 is 2.53 bits per heavy atom. The number of carbonyl (C=O) groups excluding carboxylic acids is 2. The van der Waals surface area contributed by atoms with E-state index in [1.807, 2.05) is 6.92 Å². The van der Waals surface area contributed by atoms with Gasteiger partial charge in [-0.25, -0.2) is 4.79 Å². The number of carbonyl (C=O) groups is 2. The second-order valence-corrected chi connectivity index (χ2v) is 7.63. The number of benzene rings is 2. The number of hydrogen-bond acceptors (Lipinski definition) is 4. The molecule has 0 bridgehead atoms. The Labute approximate surface area is 185 Å². The second kappa shape index (κ2) is 9.41. The second-order valence-electron chi connectivity index (χ2n) is 6.79. The van der Waals surface area contributed by atoms with E-state index in [1.54, 1.807) is 43.3 Å². The van der Waals surface area contributed by atoms with Crippen LogP contribution in [-0.4, -0.2) is 18.4 Å². The topological polar surface area (TPSA) is 76.7 Å². The molecule has 6 nitrogen and oxygen atoms in total. The van der Waals surface area contributed by atoms with E-state index in [-0.39, 0.29) is 18.4 Å². The van der Waals surface area contributed by atoms with Crippen LogP contribution in [0.5, 0.6) is 11.5 Å². The van der Waals surface area contributed by atoms with Gasteiger partial charge in [0.2, 0.25) is 0 Å². The number of allylic oxidation sites excluding steroid dienone is 1. The van der Waals surface area contributed by atoms with E-state index in [0.717, 1.165) is 11.1 Å². The Morgan fingerprint density at radius 2 is 1.87 bits per heavy atom. The first-order chi connectivity index (χ1) is 14.3. The maximum atomic E-state index is 12.2. The van der Waals surface area contributed by atoms with E-state index in [2.05, 4.69) is 10.6 Å². The van der Waals surface area contributed by atoms with Gasteiger partial charge in [0.05, 0.1) is 12.6 Å². The summed E-state index contributed by atoms with van der Waals surface area (Å²) >= 11 is 12.2. The van der Waals surface area contributed by atoms with Gasteiger partial charge in [-0.05, 0) is 50.6 Å². The van der Waals surface area contributed by atoms with Crippen LogP contribution in [0.15, 0.2) is 47.7 Å². The van der Waals surface area contributed by atoms with Crippen LogP contribution in [0.3, 0.4) is 0 Å². The molecule has 3 rings (SSSR count). The molecule has 0 unspecified atom stereocenters. The monoisotopic (exact) mass is 448 g/mol. The molecule has 2 aromatic carbocycles. The van der Waals surface area contributed by atoms with E-state index in [9.17, 15) is 9.59 Å². The summed E-state index contributed by atoms with van der Waals surface area (Å²) in [6, 6.07) is 9.60. The summed E-state index contributed by atoms with van der Waals surface area (Å²) in [4.78, 5) is 24.1. The van der Waals surface area contributed by atoms with Crippen LogP contribution in [0, 0.1) is 0 Å². The normalized spacial score (nSPS) is 16.0. The lowest BCUT2D eigenvalue weighted by Crippen LogP contribution is -2.44. The van der Waals surface area contributed by atoms with Crippen LogP contribution in [0.25, 0.3) is 0 Å². The summed E-state index contributed by atoms with van der Waals surface area (Å²) in [7, 11) is 0. The smallest absolute Gasteiger partial charge is 0.319 e. The lowest BCUT2D eigenvalue weighted by atomic mass is 9.93. The van der Waals surface area contributed by atoms with Crippen molar-refractivity contribution in [3.05, 3.63) is 68.8 Å². The minimum atomic E-state index is -0.574. The van der Waals surface area contributed by atoms with Gasteiger partial charge >= 0.3 is 6.03 Å². The molecule has 2 N–H and O–H groups in total. The predicted octanol–water partition coefficient (Wildman–Crippen LogP) is 5.19. The molecule has 0 saturated carbocycles. The van der Waals surface area contributed by atoms with Crippen molar-refractivity contribution in [1.29, 1.82) is 0 Å². The standard InChI is InChI=1S/C22H22Cl2N2O4/c1-4-29-19-9-14(21-20(13(3)27)12(2)25-22(28)26-21)6-8-18(19)30-11-15-5-7-16(23)10-17(15)24/h5-10,21H,4,11H2,1-3H3,(H2,25,26,28)/t21-/m0/s1. The van der Waals surface area contributed by atoms with Gasteiger partial charge in [0.25, 0.3) is 0 Å². The molecular weight excluding hydrogens is 427 g/mol. The lowest BCUT2D eigenvalue weighted by Gasteiger charge is -2.28. The number of hydrogen-bond donors (Lipinski definition) is 2. The maximum Gasteiger partial charge on any atom is 0.319 e. The highest BCUT2D eigenvalue weighted by atomic mass is 35.5. The van der Waals surface area contributed by atoms with Gasteiger partial charge < -0.3 is 20.1 Å². The third-order valence-electron chi connectivity index (χ3n) is 4.65. The van der Waals surface area contributed by atoms with Gasteiger partial charge in [0.1, 0.15) is 6.61 Å². The molecule has 8 heteroatoms. The SMILES string of the molecule is CCOc1cc([C@@H]2NC(=O)NC(C)=C2C(C)=O)ccc1OCc1ccc(Cl)cc1Cl. The van der Waals surface area contributed by atoms with Gasteiger partial charge in [-0.1, -0.05) is 35.3 Å². The fraction of sp³-hybridized carbons (Fsp3) is 0.273. The third-order valence-corrected chi connectivity index (χ3v) is 5.23. The minimum Gasteiger partial charge on any atom is -0.490 e. The minimum absolute atomic E-state index is 0.124. The van der Waals surface area contributed by atoms with E-state index < -0.39 is 6.04 Å². The highest BCUT2D eigenvalue weighted by molar-refractivity contribution is 6.35. The molecule has 2 aromatic rings. The average molecular weight is 449 g/mol. The molecule has 0 aliphatic carbocycles. The summed E-state index contributed by atoms with van der Waals surface area (Å²) in [5.41, 5.74) is 2.54. The zero-order chi connectivity index (χ0) is 21.8. The quantitative estimate of drug-likeness (QED) is 0.610. The molecular formula is C22H22Cl2N2O4. The Bertz CT molecular complexity index is 1020. The Hall–Kier alpha value is -2.70. The van der Waals surface area contributed by atoms with Crippen LogP contribution in [-0.2, 0) is 11.4 Å². The number of urea groups is 1. The lowest BCUT2D eigenvalue weighted by molar-refractivity contribution is -0.114. The van der Waals surface area contributed by atoms with Crippen LogP contribution >= 0.6 is 23.2 Å². The third kappa shape index (κ3) is 4.89. The number of ether oxygens (including phenoxy) is 2. The fourth-order valence-corrected chi connectivity index (χ4v) is 3.76. The highest BCUT2D eigenvalue weighted by Crippen LogP contribution is 2.35. The van der Waals surface area contributed by atoms with E-state index in [0.29, 0.717) is 39.4 Å². The molecule has 1 aliphatic heterocycles. The molecule has 0 fully saturated rings. The molecule has 0 spiro atoms. The predicted molar refractivity (Wildman–Crippen MR) is 116 cm³/mol. The molecule has 0 radical (unpaired) electrons. The first-order valence-corrected chi connectivity index (χ1v) is 10.2. The maximum absolute atomic E-state index is 12.2. The molecule has 1 aliphatic rings. The van der Waals surface area contributed by atoms with Crippen molar-refractivity contribution in [3.8, 4) is 11.5 Å². The van der Waals surface area contributed by atoms with E-state index in [1.165, 1.54) is 6.92 Å². The summed E-state index contributed by atoms with van der Waals surface area (Å²) in [5, 5.41) is 6.51. The first-order valence-electron chi connectivity index (χ1n) is 9.42. The number of ketones is 1. The highest BCUT2D eigenvalue weighted by Gasteiger charge is 2.29. The number of halogens is 2. The summed E-state index contributed by atoms with van der Waals surface area (Å²) in [6.45, 7) is 5.71. The van der Waals surface area contributed by atoms with Crippen LogP contribution in [0.4, 0.5) is 4.79 Å². The zero-order valence-electron chi connectivity index (χ0n) is 16.8. The van der Waals surface area contributed by atoms with Crippen molar-refractivity contribution < 1.29 is 19.1 Å². The number of Topliss-reactive ketones (excluding diaryl/α,β-unsaturated/α-hetero) is 1. The largest absolute Gasteiger partial charge is 0.490 e. The van der Waals surface area contributed by atoms with Gasteiger partial charge in [-0.15, -0.1) is 0 Å². The van der Waals surface area contributed by atoms with Crippen molar-refractivity contribution in [1.82, 2.24) is 10.6 Å². The summed E-state index contributed by atoms with van der Waals surface area (Å²) in [5.74, 6) is 0.908. The Morgan fingerprint density at radius 1 is 1.10 bits per heavy atom. The Kier molecular flexibility index (Phi) is 6.90. The van der Waals surface area contributed by atoms with Gasteiger partial charge in [0, 0.05) is 26.9 Å². The summed E-state index contributed by atoms with van der Waals surface area (Å²) < 4.78 is 11.7. The molecule has 2 amide bonds. The molecule has 1 atom stereocenters. The molecule has 0 aromatic heterocycles. The zero-order valence-corrected chi connectivity index (χ0v) is 18.4. The van der Waals surface area contributed by atoms with Crippen molar-refractivity contribution in [3.63, 3.8) is 0 Å². The first kappa shape index (κ1) is 22.0. The number of rotatable bonds is 7. The van der Waals surface area contributed by atoms with Crippen LogP contribution in [0.1, 0.15) is 37.9 Å². The van der Waals surface area contributed by atoms with Crippen LogP contribution in [0.2, 0.25) is 10.0 Å². The van der Waals surface area contributed by atoms with Crippen molar-refractivity contribution >= 4 is 35.0 Å². The Balaban J connectivity index is 1.90. The van der Waals surface area contributed by atoms with Crippen LogP contribution < -0.4 is 20.1 Å². The fourth-order valence-electron chi connectivity index (χ4n) is 3.30. The van der Waals surface area contributed by atoms with Crippen molar-refractivity contribution in [2.24, 2.45) is 0 Å². The van der Waals surface area contributed by atoms with Gasteiger partial charge in [-0.3, -0.25) is 4.79 Å². The summed E-state index contributed by atoms with van der Waals surface area (Å²) in [6.07, 6.45) is 0. The molecule has 30 heavy (non-hydrogen) atoms. The number of amides is 2. The van der Waals surface area contributed by atoms with Gasteiger partial charge in [-0.2, -0.15) is 0 Å². The average Bonchev–Trinajstić information content (AvgIpc) is 2.67. The van der Waals surface area contributed by atoms with Gasteiger partial charge in [0.15, 0.2) is 17.3 Å². The van der Waals surface area contributed by atoms with Crippen molar-refractivity contribution in [2.75, 3.05) is 6.61 Å². The molecule has 1 heterocycles. The van der Waals surface area contributed by atoms with Crippen molar-refractivity contribution in [2.45, 2.75) is 33.4 Å². The molecule has 158 valence electrons. The van der Waals surface area contributed by atoms with E-state index >= 15 is 0 Å². The molecule has 0 saturated heterocycles. The van der Waals surface area contributed by atoms with E-state index in [4.69, 9.17) is 32.7 Å².